The van der Waals surface area contributed by atoms with Crippen LogP contribution in [0.2, 0.25) is 0 Å². The predicted octanol–water partition coefficient (Wildman–Crippen LogP) is 5.11. The van der Waals surface area contributed by atoms with Crippen molar-refractivity contribution >= 4 is 21.4 Å². The van der Waals surface area contributed by atoms with Crippen molar-refractivity contribution in [2.24, 2.45) is 0 Å². The summed E-state index contributed by atoms with van der Waals surface area (Å²) in [4.78, 5) is 15.3. The number of unbranched alkanes of at least 4 members (excludes halogenated alkanes) is 1. The highest BCUT2D eigenvalue weighted by molar-refractivity contribution is 7.90. The third kappa shape index (κ3) is 5.33. The maximum absolute atomic E-state index is 13.2. The fourth-order valence-electron chi connectivity index (χ4n) is 3.15. The first-order valence-electron chi connectivity index (χ1n) is 9.75. The first-order valence-corrected chi connectivity index (χ1v) is 11.4. The summed E-state index contributed by atoms with van der Waals surface area (Å²) in [6.07, 6.45) is 1.87. The summed E-state index contributed by atoms with van der Waals surface area (Å²) >= 11 is 0. The molecule has 3 rings (SSSR count). The van der Waals surface area contributed by atoms with Gasteiger partial charge in [-0.25, -0.2) is 8.42 Å². The van der Waals surface area contributed by atoms with Crippen LogP contribution in [-0.2, 0) is 15.6 Å². The number of amides is 1. The highest BCUT2D eigenvalue weighted by Crippen LogP contribution is 2.21. The van der Waals surface area contributed by atoms with Crippen LogP contribution in [0.25, 0.3) is 0 Å². The van der Waals surface area contributed by atoms with Crippen molar-refractivity contribution in [3.63, 3.8) is 0 Å². The Morgan fingerprint density at radius 2 is 1.52 bits per heavy atom. The fraction of sp³-hybridized carbons (Fsp3) is 0.208. The van der Waals surface area contributed by atoms with Gasteiger partial charge in [0.2, 0.25) is 0 Å². The summed E-state index contributed by atoms with van der Waals surface area (Å²) < 4.78 is 25.4. The van der Waals surface area contributed by atoms with Crippen LogP contribution in [0, 0.1) is 0 Å². The minimum atomic E-state index is -3.47. The van der Waals surface area contributed by atoms with E-state index in [2.05, 4.69) is 6.92 Å². The molecule has 1 amide bonds. The van der Waals surface area contributed by atoms with Crippen LogP contribution in [-0.4, -0.2) is 20.9 Å². The molecule has 0 saturated heterocycles. The second kappa shape index (κ2) is 9.52. The van der Waals surface area contributed by atoms with Crippen molar-refractivity contribution in [3.05, 3.63) is 96.1 Å². The number of benzene rings is 3. The minimum absolute atomic E-state index is 0.122. The highest BCUT2D eigenvalue weighted by atomic mass is 32.2. The molecule has 0 spiro atoms. The van der Waals surface area contributed by atoms with Gasteiger partial charge in [0.05, 0.1) is 10.6 Å². The number of hydrogen-bond acceptors (Lipinski definition) is 3. The van der Waals surface area contributed by atoms with Gasteiger partial charge in [0.1, 0.15) is 0 Å². The maximum Gasteiger partial charge on any atom is 0.258 e. The summed E-state index contributed by atoms with van der Waals surface area (Å²) in [5, 5.41) is 0. The molecule has 0 N–H and O–H groups in total. The van der Waals surface area contributed by atoms with E-state index in [1.807, 2.05) is 30.3 Å². The van der Waals surface area contributed by atoms with Gasteiger partial charge in [0, 0.05) is 17.8 Å². The first-order chi connectivity index (χ1) is 14.0. The number of nitrogens with zero attached hydrogens (tertiary/aromatic N) is 1. The normalized spacial score (nSPS) is 11.2. The van der Waals surface area contributed by atoms with Crippen molar-refractivity contribution in [2.45, 2.75) is 30.4 Å². The average molecular weight is 408 g/mol. The lowest BCUT2D eigenvalue weighted by Gasteiger charge is -2.23. The van der Waals surface area contributed by atoms with E-state index >= 15 is 0 Å². The van der Waals surface area contributed by atoms with Gasteiger partial charge in [0.25, 0.3) is 5.91 Å². The Balaban J connectivity index is 1.86. The number of hydrogen-bond donors (Lipinski definition) is 0. The third-order valence-corrected chi connectivity index (χ3v) is 6.39. The SMILES string of the molecule is CCCCN(C(=O)c1cccc(CS(=O)(=O)c2ccccc2)c1)c1ccccc1. The number of anilines is 1. The summed E-state index contributed by atoms with van der Waals surface area (Å²) in [7, 11) is -3.47. The maximum atomic E-state index is 13.2. The van der Waals surface area contributed by atoms with E-state index in [1.54, 1.807) is 59.5 Å². The average Bonchev–Trinajstić information content (AvgIpc) is 2.75. The molecule has 4 nitrogen and oxygen atoms in total. The van der Waals surface area contributed by atoms with Gasteiger partial charge < -0.3 is 4.90 Å². The molecule has 0 fully saturated rings. The number of rotatable bonds is 8. The second-order valence-corrected chi connectivity index (χ2v) is 8.91. The van der Waals surface area contributed by atoms with Crippen molar-refractivity contribution in [2.75, 3.05) is 11.4 Å². The molecule has 0 aliphatic heterocycles. The quantitative estimate of drug-likeness (QED) is 0.521. The zero-order chi connectivity index (χ0) is 20.7. The van der Waals surface area contributed by atoms with E-state index < -0.39 is 9.84 Å². The molecule has 0 aliphatic carbocycles. The Morgan fingerprint density at radius 3 is 2.17 bits per heavy atom. The molecular formula is C24H25NO3S. The van der Waals surface area contributed by atoms with Crippen molar-refractivity contribution < 1.29 is 13.2 Å². The lowest BCUT2D eigenvalue weighted by atomic mass is 10.1. The Bertz CT molecular complexity index is 1050. The number of sulfone groups is 1. The van der Waals surface area contributed by atoms with Gasteiger partial charge in [-0.3, -0.25) is 4.79 Å². The summed E-state index contributed by atoms with van der Waals surface area (Å²) in [6, 6.07) is 24.8. The number of para-hydroxylation sites is 1. The van der Waals surface area contributed by atoms with Crippen molar-refractivity contribution in [1.82, 2.24) is 0 Å². The van der Waals surface area contributed by atoms with Crippen molar-refractivity contribution in [1.29, 1.82) is 0 Å². The number of carbonyl (C=O) groups is 1. The molecule has 3 aromatic carbocycles. The zero-order valence-electron chi connectivity index (χ0n) is 16.5. The van der Waals surface area contributed by atoms with E-state index in [0.29, 0.717) is 17.7 Å². The fourth-order valence-corrected chi connectivity index (χ4v) is 4.51. The zero-order valence-corrected chi connectivity index (χ0v) is 17.3. The Morgan fingerprint density at radius 1 is 0.862 bits per heavy atom. The molecule has 0 bridgehead atoms. The molecule has 0 heterocycles. The molecule has 0 atom stereocenters. The smallest absolute Gasteiger partial charge is 0.258 e. The molecule has 5 heteroatoms. The largest absolute Gasteiger partial charge is 0.308 e. The molecule has 0 radical (unpaired) electrons. The molecule has 29 heavy (non-hydrogen) atoms. The molecule has 0 aliphatic rings. The summed E-state index contributed by atoms with van der Waals surface area (Å²) in [5.74, 6) is -0.262. The van der Waals surface area contributed by atoms with Crippen LogP contribution in [0.4, 0.5) is 5.69 Å². The molecule has 3 aromatic rings. The monoisotopic (exact) mass is 407 g/mol. The van der Waals surface area contributed by atoms with Gasteiger partial charge in [0.15, 0.2) is 9.84 Å². The molecule has 0 saturated carbocycles. The van der Waals surface area contributed by atoms with Crippen LogP contribution in [0.5, 0.6) is 0 Å². The van der Waals surface area contributed by atoms with Crippen LogP contribution in [0.15, 0.2) is 89.8 Å². The standard InChI is InChI=1S/C24H25NO3S/c1-2-3-17-25(22-13-6-4-7-14-22)24(26)21-12-10-11-20(18-21)19-29(27,28)23-15-8-5-9-16-23/h4-16,18H,2-3,17,19H2,1H3. The first kappa shape index (κ1) is 20.8. The van der Waals surface area contributed by atoms with Gasteiger partial charge in [-0.1, -0.05) is 61.9 Å². The van der Waals surface area contributed by atoms with E-state index in [0.717, 1.165) is 18.5 Å². The van der Waals surface area contributed by atoms with Crippen LogP contribution >= 0.6 is 0 Å². The van der Waals surface area contributed by atoms with E-state index in [9.17, 15) is 13.2 Å². The highest BCUT2D eigenvalue weighted by Gasteiger charge is 2.19. The molecule has 0 aromatic heterocycles. The number of carbonyl (C=O) groups excluding carboxylic acids is 1. The minimum Gasteiger partial charge on any atom is -0.308 e. The Hall–Kier alpha value is -2.92. The van der Waals surface area contributed by atoms with E-state index in [4.69, 9.17) is 0 Å². The van der Waals surface area contributed by atoms with E-state index in [1.165, 1.54) is 0 Å². The lowest BCUT2D eigenvalue weighted by Crippen LogP contribution is -2.32. The molecular weight excluding hydrogens is 382 g/mol. The van der Waals surface area contributed by atoms with Gasteiger partial charge in [-0.2, -0.15) is 0 Å². The molecule has 150 valence electrons. The van der Waals surface area contributed by atoms with Crippen LogP contribution in [0.3, 0.4) is 0 Å². The van der Waals surface area contributed by atoms with Crippen LogP contribution < -0.4 is 4.90 Å². The molecule has 0 unspecified atom stereocenters. The van der Waals surface area contributed by atoms with Gasteiger partial charge >= 0.3 is 0 Å². The lowest BCUT2D eigenvalue weighted by molar-refractivity contribution is 0.0986. The summed E-state index contributed by atoms with van der Waals surface area (Å²) in [5.41, 5.74) is 1.93. The Labute approximate surface area is 172 Å². The van der Waals surface area contributed by atoms with Gasteiger partial charge in [-0.05, 0) is 48.4 Å². The Kier molecular flexibility index (Phi) is 6.83. The van der Waals surface area contributed by atoms with E-state index in [-0.39, 0.29) is 16.6 Å². The van der Waals surface area contributed by atoms with Crippen LogP contribution in [0.1, 0.15) is 35.7 Å². The van der Waals surface area contributed by atoms with Gasteiger partial charge in [-0.15, -0.1) is 0 Å². The predicted molar refractivity (Wildman–Crippen MR) is 117 cm³/mol. The topological polar surface area (TPSA) is 54.5 Å². The summed E-state index contributed by atoms with van der Waals surface area (Å²) in [6.45, 7) is 2.70. The second-order valence-electron chi connectivity index (χ2n) is 6.92. The van der Waals surface area contributed by atoms with Crippen molar-refractivity contribution in [3.8, 4) is 0 Å². The third-order valence-electron chi connectivity index (χ3n) is 4.68.